The number of amides is 1. The van der Waals surface area contributed by atoms with E-state index in [2.05, 4.69) is 5.32 Å². The average Bonchev–Trinajstić information content (AvgIpc) is 2.95. The van der Waals surface area contributed by atoms with Crippen molar-refractivity contribution in [3.05, 3.63) is 40.1 Å². The van der Waals surface area contributed by atoms with Gasteiger partial charge in [0.25, 0.3) is 5.91 Å². The van der Waals surface area contributed by atoms with Gasteiger partial charge in [-0.2, -0.15) is 0 Å². The van der Waals surface area contributed by atoms with E-state index >= 15 is 0 Å². The summed E-state index contributed by atoms with van der Waals surface area (Å²) < 4.78 is 10.8. The predicted molar refractivity (Wildman–Crippen MR) is 115 cm³/mol. The zero-order valence-electron chi connectivity index (χ0n) is 18.5. The summed E-state index contributed by atoms with van der Waals surface area (Å²) in [6.07, 6.45) is 4.00. The van der Waals surface area contributed by atoms with Crippen molar-refractivity contribution in [3.63, 3.8) is 0 Å². The fraction of sp³-hybridized carbons (Fsp3) is 0.583. The van der Waals surface area contributed by atoms with E-state index in [1.807, 2.05) is 32.9 Å². The van der Waals surface area contributed by atoms with Crippen molar-refractivity contribution in [1.29, 1.82) is 0 Å². The molecule has 2 unspecified atom stereocenters. The van der Waals surface area contributed by atoms with Crippen LogP contribution in [0.2, 0.25) is 0 Å². The topological polar surface area (TPSA) is 84.9 Å². The first-order chi connectivity index (χ1) is 14.3. The maximum absolute atomic E-state index is 13.3. The Hall–Kier alpha value is -2.34. The number of ether oxygens (including phenoxy) is 2. The lowest BCUT2D eigenvalue weighted by molar-refractivity contribution is -0.116. The highest BCUT2D eigenvalue weighted by Crippen LogP contribution is 2.43. The van der Waals surface area contributed by atoms with E-state index in [9.17, 15) is 14.7 Å². The van der Waals surface area contributed by atoms with Crippen molar-refractivity contribution in [2.75, 3.05) is 6.61 Å². The molecule has 0 aromatic heterocycles. The summed E-state index contributed by atoms with van der Waals surface area (Å²) in [6.45, 7) is 7.89. The predicted octanol–water partition coefficient (Wildman–Crippen LogP) is 4.47. The Bertz CT molecular complexity index is 836. The lowest BCUT2D eigenvalue weighted by Crippen LogP contribution is -2.45. The lowest BCUT2D eigenvalue weighted by Gasteiger charge is -2.31. The third-order valence-corrected chi connectivity index (χ3v) is 6.15. The number of aliphatic hydroxyl groups is 1. The second-order valence-electron chi connectivity index (χ2n) is 8.59. The molecule has 0 bridgehead atoms. The van der Waals surface area contributed by atoms with Gasteiger partial charge in [-0.1, -0.05) is 30.5 Å². The van der Waals surface area contributed by atoms with Crippen molar-refractivity contribution < 1.29 is 24.2 Å². The van der Waals surface area contributed by atoms with E-state index in [0.29, 0.717) is 30.6 Å². The van der Waals surface area contributed by atoms with E-state index in [1.165, 1.54) is 0 Å². The third-order valence-electron chi connectivity index (χ3n) is 6.15. The van der Waals surface area contributed by atoms with E-state index in [4.69, 9.17) is 9.47 Å². The van der Waals surface area contributed by atoms with E-state index in [-0.39, 0.29) is 18.6 Å². The first-order valence-corrected chi connectivity index (χ1v) is 11.0. The highest BCUT2D eigenvalue weighted by molar-refractivity contribution is 6.24. The molecule has 2 atom stereocenters. The van der Waals surface area contributed by atoms with Gasteiger partial charge in [-0.3, -0.25) is 4.79 Å². The van der Waals surface area contributed by atoms with E-state index < -0.39 is 11.7 Å². The Balaban J connectivity index is 2.14. The molecule has 1 heterocycles. The SMILES string of the molecule is CCOC(=O)OC1=C(c2c(C)cc(C)cc2C)C(=O)NC12CCCCC(O)CCC2. The Morgan fingerprint density at radius 3 is 2.43 bits per heavy atom. The van der Waals surface area contributed by atoms with Gasteiger partial charge >= 0.3 is 6.16 Å². The Labute approximate surface area is 178 Å². The summed E-state index contributed by atoms with van der Waals surface area (Å²) in [6, 6.07) is 4.07. The summed E-state index contributed by atoms with van der Waals surface area (Å²) >= 11 is 0. The first kappa shape index (κ1) is 22.3. The van der Waals surface area contributed by atoms with Crippen LogP contribution in [0.4, 0.5) is 4.79 Å². The van der Waals surface area contributed by atoms with Gasteiger partial charge in [0.15, 0.2) is 0 Å². The zero-order chi connectivity index (χ0) is 21.9. The minimum absolute atomic E-state index is 0.199. The molecule has 2 N–H and O–H groups in total. The van der Waals surface area contributed by atoms with Crippen LogP contribution in [-0.4, -0.2) is 35.4 Å². The molecule has 164 valence electrons. The summed E-state index contributed by atoms with van der Waals surface area (Å²) in [5.41, 5.74) is 3.54. The molecule has 1 aromatic carbocycles. The molecular formula is C24H33NO5. The van der Waals surface area contributed by atoms with Gasteiger partial charge in [0, 0.05) is 0 Å². The highest BCUT2D eigenvalue weighted by Gasteiger charge is 2.48. The maximum atomic E-state index is 13.3. The molecule has 30 heavy (non-hydrogen) atoms. The first-order valence-electron chi connectivity index (χ1n) is 11.0. The van der Waals surface area contributed by atoms with Crippen molar-refractivity contribution in [3.8, 4) is 0 Å². The molecule has 0 radical (unpaired) electrons. The molecule has 2 aliphatic rings. The number of carbonyl (C=O) groups excluding carboxylic acids is 2. The number of nitrogens with one attached hydrogen (secondary N) is 1. The molecule has 1 aromatic rings. The van der Waals surface area contributed by atoms with Crippen LogP contribution in [0.25, 0.3) is 5.57 Å². The van der Waals surface area contributed by atoms with Gasteiger partial charge in [0.2, 0.25) is 0 Å². The number of benzene rings is 1. The van der Waals surface area contributed by atoms with Crippen LogP contribution in [-0.2, 0) is 14.3 Å². The van der Waals surface area contributed by atoms with Crippen LogP contribution in [0.1, 0.15) is 74.1 Å². The molecule has 6 nitrogen and oxygen atoms in total. The van der Waals surface area contributed by atoms with Gasteiger partial charge in [-0.05, 0) is 76.5 Å². The zero-order valence-corrected chi connectivity index (χ0v) is 18.5. The molecule has 0 saturated heterocycles. The second-order valence-corrected chi connectivity index (χ2v) is 8.59. The van der Waals surface area contributed by atoms with Gasteiger partial charge in [0.05, 0.1) is 23.8 Å². The fourth-order valence-electron chi connectivity index (χ4n) is 4.93. The molecule has 1 spiro atoms. The molecule has 1 fully saturated rings. The second kappa shape index (κ2) is 9.21. The molecule has 1 aliphatic carbocycles. The number of aryl methyl sites for hydroxylation is 3. The molecule has 3 rings (SSSR count). The van der Waals surface area contributed by atoms with Gasteiger partial charge in [-0.15, -0.1) is 0 Å². The van der Waals surface area contributed by atoms with Crippen LogP contribution in [0.5, 0.6) is 0 Å². The molecule has 1 saturated carbocycles. The highest BCUT2D eigenvalue weighted by atomic mass is 16.7. The number of carbonyl (C=O) groups is 2. The smallest absolute Gasteiger partial charge is 0.434 e. The lowest BCUT2D eigenvalue weighted by atomic mass is 9.84. The number of hydrogen-bond donors (Lipinski definition) is 2. The third kappa shape index (κ3) is 4.53. The Kier molecular flexibility index (Phi) is 6.86. The van der Waals surface area contributed by atoms with Crippen LogP contribution < -0.4 is 5.32 Å². The summed E-state index contributed by atoms with van der Waals surface area (Å²) in [4.78, 5) is 25.6. The normalized spacial score (nSPS) is 24.8. The van der Waals surface area contributed by atoms with E-state index in [0.717, 1.165) is 47.9 Å². The molecule has 6 heteroatoms. The standard InChI is InChI=1S/C24H33NO5/c1-5-29-23(28)30-21-20(19-16(3)13-15(2)14-17(19)4)22(27)25-24(21)11-7-6-9-18(26)10-8-12-24/h13-14,18,26H,5-12H2,1-4H3,(H,25,27). The molecule has 1 aliphatic heterocycles. The van der Waals surface area contributed by atoms with Gasteiger partial charge < -0.3 is 19.9 Å². The number of hydrogen-bond acceptors (Lipinski definition) is 5. The van der Waals surface area contributed by atoms with Crippen LogP contribution in [0.3, 0.4) is 0 Å². The largest absolute Gasteiger partial charge is 0.513 e. The van der Waals surface area contributed by atoms with Gasteiger partial charge in [0.1, 0.15) is 5.76 Å². The van der Waals surface area contributed by atoms with Crippen molar-refractivity contribution >= 4 is 17.6 Å². The monoisotopic (exact) mass is 415 g/mol. The van der Waals surface area contributed by atoms with Crippen LogP contribution in [0, 0.1) is 20.8 Å². The van der Waals surface area contributed by atoms with Crippen LogP contribution >= 0.6 is 0 Å². The summed E-state index contributed by atoms with van der Waals surface area (Å²) in [5.74, 6) is 0.154. The van der Waals surface area contributed by atoms with E-state index in [1.54, 1.807) is 6.92 Å². The van der Waals surface area contributed by atoms with Crippen molar-refractivity contribution in [1.82, 2.24) is 5.32 Å². The van der Waals surface area contributed by atoms with Crippen LogP contribution in [0.15, 0.2) is 17.9 Å². The summed E-state index contributed by atoms with van der Waals surface area (Å²) in [5, 5.41) is 13.3. The molecular weight excluding hydrogens is 382 g/mol. The summed E-state index contributed by atoms with van der Waals surface area (Å²) in [7, 11) is 0. The maximum Gasteiger partial charge on any atom is 0.513 e. The number of aliphatic hydroxyl groups excluding tert-OH is 1. The minimum Gasteiger partial charge on any atom is -0.434 e. The Morgan fingerprint density at radius 2 is 1.77 bits per heavy atom. The fourth-order valence-corrected chi connectivity index (χ4v) is 4.93. The Morgan fingerprint density at radius 1 is 1.13 bits per heavy atom. The van der Waals surface area contributed by atoms with Crippen molar-refractivity contribution in [2.24, 2.45) is 0 Å². The average molecular weight is 416 g/mol. The molecule has 1 amide bonds. The quantitative estimate of drug-likeness (QED) is 0.712. The van der Waals surface area contributed by atoms with Crippen molar-refractivity contribution in [2.45, 2.75) is 84.3 Å². The number of rotatable bonds is 3. The van der Waals surface area contributed by atoms with Gasteiger partial charge in [-0.25, -0.2) is 4.79 Å². The minimum atomic E-state index is -0.789.